The van der Waals surface area contributed by atoms with Crippen molar-refractivity contribution in [1.29, 1.82) is 0 Å². The van der Waals surface area contributed by atoms with Crippen LogP contribution in [0.5, 0.6) is 5.75 Å². The van der Waals surface area contributed by atoms with Gasteiger partial charge in [0.1, 0.15) is 5.75 Å². The summed E-state index contributed by atoms with van der Waals surface area (Å²) in [5, 5.41) is 0.506. The molecule has 0 N–H and O–H groups in total. The van der Waals surface area contributed by atoms with Crippen LogP contribution in [0.15, 0.2) is 48.5 Å². The van der Waals surface area contributed by atoms with Gasteiger partial charge in [0.15, 0.2) is 11.9 Å². The summed E-state index contributed by atoms with van der Waals surface area (Å²) in [6.45, 7) is 1.45. The molecule has 6 heteroatoms. The Morgan fingerprint density at radius 1 is 1.12 bits per heavy atom. The lowest BCUT2D eigenvalue weighted by Gasteiger charge is -2.21. The largest absolute Gasteiger partial charge is 0.480 e. The fraction of sp³-hybridized carbons (Fsp3) is 0.211. The molecule has 3 rings (SSSR count). The molecule has 0 aromatic heterocycles. The van der Waals surface area contributed by atoms with E-state index in [-0.39, 0.29) is 17.9 Å². The SMILES string of the molecule is CCC1Oc2ccccc2C(=O)N(CC(=O)c2ccc(Cl)cc2)C1=O. The Morgan fingerprint density at radius 3 is 2.48 bits per heavy atom. The summed E-state index contributed by atoms with van der Waals surface area (Å²) in [5.41, 5.74) is 0.659. The molecule has 2 amide bonds. The summed E-state index contributed by atoms with van der Waals surface area (Å²) in [6.07, 6.45) is -0.405. The van der Waals surface area contributed by atoms with E-state index in [1.54, 1.807) is 55.5 Å². The zero-order chi connectivity index (χ0) is 18.0. The van der Waals surface area contributed by atoms with Crippen molar-refractivity contribution in [3.8, 4) is 5.75 Å². The van der Waals surface area contributed by atoms with E-state index in [2.05, 4.69) is 0 Å². The Labute approximate surface area is 150 Å². The van der Waals surface area contributed by atoms with Gasteiger partial charge in [0, 0.05) is 10.6 Å². The highest BCUT2D eigenvalue weighted by Gasteiger charge is 2.36. The summed E-state index contributed by atoms with van der Waals surface area (Å²) in [5.74, 6) is -1.02. The van der Waals surface area contributed by atoms with Crippen molar-refractivity contribution in [3.05, 3.63) is 64.7 Å². The molecule has 0 bridgehead atoms. The van der Waals surface area contributed by atoms with Gasteiger partial charge in [-0.05, 0) is 42.8 Å². The Hall–Kier alpha value is -2.66. The molecular weight excluding hydrogens is 342 g/mol. The van der Waals surface area contributed by atoms with Crippen LogP contribution in [0.4, 0.5) is 0 Å². The highest BCUT2D eigenvalue weighted by Crippen LogP contribution is 2.26. The maximum Gasteiger partial charge on any atom is 0.270 e. The Balaban J connectivity index is 1.93. The molecular formula is C19H16ClNO4. The van der Waals surface area contributed by atoms with E-state index in [9.17, 15) is 14.4 Å². The maximum absolute atomic E-state index is 12.8. The second-order valence-corrected chi connectivity index (χ2v) is 6.11. The van der Waals surface area contributed by atoms with Crippen LogP contribution in [0.1, 0.15) is 34.1 Å². The predicted octanol–water partition coefficient (Wildman–Crippen LogP) is 3.36. The molecule has 1 unspecified atom stereocenters. The number of carbonyl (C=O) groups excluding carboxylic acids is 3. The number of Topliss-reactive ketones (excluding diaryl/α,β-unsaturated/α-hetero) is 1. The van der Waals surface area contributed by atoms with Gasteiger partial charge in [-0.15, -0.1) is 0 Å². The number of ketones is 1. The van der Waals surface area contributed by atoms with Crippen LogP contribution < -0.4 is 4.74 Å². The summed E-state index contributed by atoms with van der Waals surface area (Å²) in [7, 11) is 0. The summed E-state index contributed by atoms with van der Waals surface area (Å²) >= 11 is 5.82. The zero-order valence-corrected chi connectivity index (χ0v) is 14.3. The number of ether oxygens (including phenoxy) is 1. The second kappa shape index (κ2) is 7.07. The molecule has 0 saturated carbocycles. The molecule has 0 radical (unpaired) electrons. The third-order valence-corrected chi connectivity index (χ3v) is 4.26. The number of hydrogen-bond acceptors (Lipinski definition) is 4. The summed E-state index contributed by atoms with van der Waals surface area (Å²) in [4.78, 5) is 38.9. The first kappa shape index (κ1) is 17.2. The fourth-order valence-corrected chi connectivity index (χ4v) is 2.77. The van der Waals surface area contributed by atoms with E-state index in [0.29, 0.717) is 22.8 Å². The van der Waals surface area contributed by atoms with Crippen molar-refractivity contribution < 1.29 is 19.1 Å². The lowest BCUT2D eigenvalue weighted by atomic mass is 10.1. The molecule has 1 heterocycles. The molecule has 1 atom stereocenters. The summed E-state index contributed by atoms with van der Waals surface area (Å²) in [6, 6.07) is 13.0. The molecule has 128 valence electrons. The van der Waals surface area contributed by atoms with Crippen molar-refractivity contribution in [1.82, 2.24) is 4.90 Å². The van der Waals surface area contributed by atoms with Crippen LogP contribution in [0.3, 0.4) is 0 Å². The van der Waals surface area contributed by atoms with E-state index < -0.39 is 17.9 Å². The zero-order valence-electron chi connectivity index (χ0n) is 13.6. The molecule has 1 aliphatic rings. The Kier molecular flexibility index (Phi) is 4.86. The van der Waals surface area contributed by atoms with Gasteiger partial charge in [0.2, 0.25) is 0 Å². The lowest BCUT2D eigenvalue weighted by molar-refractivity contribution is -0.135. The highest BCUT2D eigenvalue weighted by molar-refractivity contribution is 6.30. The van der Waals surface area contributed by atoms with Gasteiger partial charge in [-0.3, -0.25) is 19.3 Å². The average molecular weight is 358 g/mol. The average Bonchev–Trinajstić information content (AvgIpc) is 2.72. The van der Waals surface area contributed by atoms with Crippen LogP contribution in [-0.2, 0) is 4.79 Å². The van der Waals surface area contributed by atoms with Gasteiger partial charge in [0.25, 0.3) is 11.8 Å². The molecule has 2 aromatic rings. The van der Waals surface area contributed by atoms with Crippen LogP contribution in [0.2, 0.25) is 5.02 Å². The van der Waals surface area contributed by atoms with E-state index in [1.807, 2.05) is 0 Å². The number of fused-ring (bicyclic) bond motifs is 1. The number of carbonyl (C=O) groups is 3. The monoisotopic (exact) mass is 357 g/mol. The van der Waals surface area contributed by atoms with E-state index >= 15 is 0 Å². The second-order valence-electron chi connectivity index (χ2n) is 5.67. The highest BCUT2D eigenvalue weighted by atomic mass is 35.5. The number of nitrogens with zero attached hydrogens (tertiary/aromatic N) is 1. The third kappa shape index (κ3) is 3.42. The number of imide groups is 1. The van der Waals surface area contributed by atoms with Crippen LogP contribution in [-0.4, -0.2) is 35.1 Å². The van der Waals surface area contributed by atoms with Gasteiger partial charge >= 0.3 is 0 Å². The molecule has 0 saturated heterocycles. The minimum absolute atomic E-state index is 0.274. The third-order valence-electron chi connectivity index (χ3n) is 4.01. The van der Waals surface area contributed by atoms with Crippen molar-refractivity contribution >= 4 is 29.2 Å². The van der Waals surface area contributed by atoms with E-state index in [0.717, 1.165) is 4.90 Å². The first-order valence-electron chi connectivity index (χ1n) is 7.91. The van der Waals surface area contributed by atoms with Gasteiger partial charge in [-0.2, -0.15) is 0 Å². The van der Waals surface area contributed by atoms with Crippen molar-refractivity contribution in [2.24, 2.45) is 0 Å². The van der Waals surface area contributed by atoms with Gasteiger partial charge in [-0.25, -0.2) is 0 Å². The van der Waals surface area contributed by atoms with Crippen molar-refractivity contribution in [2.45, 2.75) is 19.4 Å². The van der Waals surface area contributed by atoms with Crippen LogP contribution in [0.25, 0.3) is 0 Å². The van der Waals surface area contributed by atoms with Crippen molar-refractivity contribution in [3.63, 3.8) is 0 Å². The van der Waals surface area contributed by atoms with E-state index in [4.69, 9.17) is 16.3 Å². The standard InChI is InChI=1S/C19H16ClNO4/c1-2-16-19(24)21(11-15(22)12-7-9-13(20)10-8-12)18(23)14-5-3-4-6-17(14)25-16/h3-10,16H,2,11H2,1H3. The number of para-hydroxylation sites is 1. The Bertz CT molecular complexity index is 832. The van der Waals surface area contributed by atoms with Crippen LogP contribution in [0, 0.1) is 0 Å². The van der Waals surface area contributed by atoms with Gasteiger partial charge in [-0.1, -0.05) is 30.7 Å². The normalized spacial score (nSPS) is 16.9. The van der Waals surface area contributed by atoms with Crippen molar-refractivity contribution in [2.75, 3.05) is 6.54 Å². The van der Waals surface area contributed by atoms with Gasteiger partial charge in [0.05, 0.1) is 12.1 Å². The topological polar surface area (TPSA) is 63.7 Å². The molecule has 1 aliphatic heterocycles. The number of benzene rings is 2. The van der Waals surface area contributed by atoms with E-state index in [1.165, 1.54) is 0 Å². The molecule has 0 spiro atoms. The minimum atomic E-state index is -0.800. The predicted molar refractivity (Wildman–Crippen MR) is 93.0 cm³/mol. The van der Waals surface area contributed by atoms with Crippen LogP contribution >= 0.6 is 11.6 Å². The number of hydrogen-bond donors (Lipinski definition) is 0. The minimum Gasteiger partial charge on any atom is -0.480 e. The number of halogens is 1. The quantitative estimate of drug-likeness (QED) is 0.621. The lowest BCUT2D eigenvalue weighted by Crippen LogP contribution is -2.45. The molecule has 25 heavy (non-hydrogen) atoms. The fourth-order valence-electron chi connectivity index (χ4n) is 2.65. The number of amides is 2. The van der Waals surface area contributed by atoms with Gasteiger partial charge < -0.3 is 4.74 Å². The first-order chi connectivity index (χ1) is 12.0. The smallest absolute Gasteiger partial charge is 0.270 e. The maximum atomic E-state index is 12.8. The molecule has 0 fully saturated rings. The molecule has 2 aromatic carbocycles. The molecule has 0 aliphatic carbocycles. The molecule has 5 nitrogen and oxygen atoms in total. The first-order valence-corrected chi connectivity index (χ1v) is 8.29. The summed E-state index contributed by atoms with van der Waals surface area (Å²) < 4.78 is 5.68. The Morgan fingerprint density at radius 2 is 1.80 bits per heavy atom. The number of rotatable bonds is 4.